The van der Waals surface area contributed by atoms with Crippen molar-refractivity contribution in [3.05, 3.63) is 0 Å². The first-order chi connectivity index (χ1) is 8.58. The van der Waals surface area contributed by atoms with Crippen LogP contribution < -0.4 is 11.5 Å². The fourth-order valence-corrected chi connectivity index (χ4v) is 2.38. The second kappa shape index (κ2) is 7.33. The summed E-state index contributed by atoms with van der Waals surface area (Å²) in [7, 11) is 1.53. The maximum absolute atomic E-state index is 12.2. The summed E-state index contributed by atoms with van der Waals surface area (Å²) >= 11 is 0. The summed E-state index contributed by atoms with van der Waals surface area (Å²) in [5.74, 6) is -0.574. The van der Waals surface area contributed by atoms with E-state index < -0.39 is 5.91 Å². The Morgan fingerprint density at radius 2 is 2.00 bits per heavy atom. The van der Waals surface area contributed by atoms with Gasteiger partial charge in [-0.25, -0.2) is 0 Å². The Hall–Kier alpha value is -1.14. The minimum absolute atomic E-state index is 0.00942. The smallest absolute Gasteiger partial charge is 0.237 e. The predicted octanol–water partition coefficient (Wildman–Crippen LogP) is -0.393. The topological polar surface area (TPSA) is 98.7 Å². The van der Waals surface area contributed by atoms with Crippen molar-refractivity contribution in [2.45, 2.75) is 44.2 Å². The highest BCUT2D eigenvalue weighted by molar-refractivity contribution is 5.84. The molecule has 0 spiro atoms. The van der Waals surface area contributed by atoms with Crippen molar-refractivity contribution in [3.8, 4) is 0 Å². The lowest BCUT2D eigenvalue weighted by Gasteiger charge is -2.29. The summed E-state index contributed by atoms with van der Waals surface area (Å²) in [5, 5.41) is 0. The summed E-state index contributed by atoms with van der Waals surface area (Å²) in [6.07, 6.45) is 3.99. The van der Waals surface area contributed by atoms with Crippen LogP contribution in [0.25, 0.3) is 0 Å². The molecule has 0 aromatic carbocycles. The molecule has 0 heterocycles. The third-order valence-electron chi connectivity index (χ3n) is 3.41. The molecule has 0 radical (unpaired) electrons. The van der Waals surface area contributed by atoms with E-state index in [1.165, 1.54) is 7.11 Å². The van der Waals surface area contributed by atoms with Gasteiger partial charge in [0.15, 0.2) is 0 Å². The third kappa shape index (κ3) is 4.27. The molecule has 6 nitrogen and oxygen atoms in total. The number of nitrogens with zero attached hydrogens (tertiary/aromatic N) is 1. The van der Waals surface area contributed by atoms with E-state index in [-0.39, 0.29) is 37.6 Å². The molecule has 1 aliphatic rings. The molecule has 0 aromatic heterocycles. The number of nitrogens with two attached hydrogens (primary N) is 2. The quantitative estimate of drug-likeness (QED) is 0.648. The Morgan fingerprint density at radius 1 is 1.39 bits per heavy atom. The second-order valence-electron chi connectivity index (χ2n) is 4.72. The van der Waals surface area contributed by atoms with Gasteiger partial charge < -0.3 is 21.1 Å². The number of rotatable bonds is 7. The molecule has 18 heavy (non-hydrogen) atoms. The molecule has 0 bridgehead atoms. The van der Waals surface area contributed by atoms with E-state index in [0.29, 0.717) is 0 Å². The summed E-state index contributed by atoms with van der Waals surface area (Å²) in [6.45, 7) is 0.280. The van der Waals surface area contributed by atoms with Gasteiger partial charge in [0.25, 0.3) is 0 Å². The molecule has 1 saturated carbocycles. The first kappa shape index (κ1) is 14.9. The highest BCUT2D eigenvalue weighted by Gasteiger charge is 2.28. The monoisotopic (exact) mass is 257 g/mol. The van der Waals surface area contributed by atoms with Crippen LogP contribution in [0, 0.1) is 0 Å². The zero-order valence-corrected chi connectivity index (χ0v) is 10.9. The van der Waals surface area contributed by atoms with Crippen LogP contribution in [0.15, 0.2) is 0 Å². The van der Waals surface area contributed by atoms with Crippen LogP contribution in [0.4, 0.5) is 0 Å². The number of ether oxygens (including phenoxy) is 1. The molecule has 0 aromatic rings. The molecular weight excluding hydrogens is 234 g/mol. The van der Waals surface area contributed by atoms with Crippen molar-refractivity contribution in [1.29, 1.82) is 0 Å². The molecule has 2 amide bonds. The lowest BCUT2D eigenvalue weighted by molar-refractivity contribution is -0.139. The van der Waals surface area contributed by atoms with Crippen molar-refractivity contribution in [1.82, 2.24) is 4.90 Å². The highest BCUT2D eigenvalue weighted by atomic mass is 16.5. The molecular formula is C12H23N3O3. The Morgan fingerprint density at radius 3 is 2.44 bits per heavy atom. The minimum Gasteiger partial charge on any atom is -0.380 e. The van der Waals surface area contributed by atoms with Crippen LogP contribution in [-0.2, 0) is 14.3 Å². The average molecular weight is 257 g/mol. The van der Waals surface area contributed by atoms with Gasteiger partial charge in [-0.3, -0.25) is 9.59 Å². The predicted molar refractivity (Wildman–Crippen MR) is 67.6 cm³/mol. The van der Waals surface area contributed by atoms with E-state index in [1.54, 1.807) is 4.90 Å². The maximum Gasteiger partial charge on any atom is 0.237 e. The minimum atomic E-state index is -0.475. The van der Waals surface area contributed by atoms with E-state index in [9.17, 15) is 9.59 Å². The van der Waals surface area contributed by atoms with E-state index in [2.05, 4.69) is 0 Å². The van der Waals surface area contributed by atoms with E-state index in [1.807, 2.05) is 0 Å². The Bertz CT molecular complexity index is 286. The molecule has 1 fully saturated rings. The Balaban J connectivity index is 2.62. The Labute approximate surface area is 108 Å². The van der Waals surface area contributed by atoms with E-state index in [4.69, 9.17) is 16.2 Å². The van der Waals surface area contributed by atoms with Gasteiger partial charge in [-0.05, 0) is 12.8 Å². The molecule has 1 unspecified atom stereocenters. The van der Waals surface area contributed by atoms with Gasteiger partial charge in [0.05, 0.1) is 19.1 Å². The van der Waals surface area contributed by atoms with Gasteiger partial charge in [0, 0.05) is 19.7 Å². The van der Waals surface area contributed by atoms with Crippen molar-refractivity contribution in [3.63, 3.8) is 0 Å². The number of hydrogen-bond donors (Lipinski definition) is 2. The van der Waals surface area contributed by atoms with Crippen LogP contribution in [0.2, 0.25) is 0 Å². The normalized spacial score (nSPS) is 17.7. The van der Waals surface area contributed by atoms with Crippen molar-refractivity contribution in [2.75, 3.05) is 20.2 Å². The van der Waals surface area contributed by atoms with Gasteiger partial charge in [0.1, 0.15) is 0 Å². The fourth-order valence-electron chi connectivity index (χ4n) is 2.38. The van der Waals surface area contributed by atoms with Crippen molar-refractivity contribution in [2.24, 2.45) is 11.5 Å². The number of carbonyl (C=O) groups is 2. The van der Waals surface area contributed by atoms with Crippen LogP contribution in [0.5, 0.6) is 0 Å². The maximum atomic E-state index is 12.2. The summed E-state index contributed by atoms with van der Waals surface area (Å²) < 4.78 is 5.10. The summed E-state index contributed by atoms with van der Waals surface area (Å²) in [6, 6.07) is 0.139. The highest BCUT2D eigenvalue weighted by Crippen LogP contribution is 2.24. The van der Waals surface area contributed by atoms with Crippen molar-refractivity contribution >= 4 is 11.8 Å². The first-order valence-corrected chi connectivity index (χ1v) is 6.39. The standard InChI is InChI=1S/C12H23N3O3/c1-18-10(7-13)6-12(17)15(8-11(14)16)9-4-2-3-5-9/h9-10H,2-8,13H2,1H3,(H2,14,16). The van der Waals surface area contributed by atoms with Gasteiger partial charge in [-0.15, -0.1) is 0 Å². The van der Waals surface area contributed by atoms with Gasteiger partial charge in [-0.2, -0.15) is 0 Å². The van der Waals surface area contributed by atoms with Crippen LogP contribution in [-0.4, -0.2) is 49.1 Å². The molecule has 0 aliphatic heterocycles. The summed E-state index contributed by atoms with van der Waals surface area (Å²) in [5.41, 5.74) is 10.7. The van der Waals surface area contributed by atoms with Gasteiger partial charge in [-0.1, -0.05) is 12.8 Å². The lowest BCUT2D eigenvalue weighted by atomic mass is 10.1. The van der Waals surface area contributed by atoms with E-state index >= 15 is 0 Å². The SMILES string of the molecule is COC(CN)CC(=O)N(CC(N)=O)C1CCCC1. The lowest BCUT2D eigenvalue weighted by Crippen LogP contribution is -2.45. The number of methoxy groups -OCH3 is 1. The number of carbonyl (C=O) groups excluding carboxylic acids is 2. The largest absolute Gasteiger partial charge is 0.380 e. The molecule has 104 valence electrons. The fraction of sp³-hybridized carbons (Fsp3) is 0.833. The Kier molecular flexibility index (Phi) is 6.07. The number of hydrogen-bond acceptors (Lipinski definition) is 4. The zero-order chi connectivity index (χ0) is 13.5. The second-order valence-corrected chi connectivity index (χ2v) is 4.72. The zero-order valence-electron chi connectivity index (χ0n) is 10.9. The summed E-state index contributed by atoms with van der Waals surface area (Å²) in [4.78, 5) is 24.8. The molecule has 1 rings (SSSR count). The molecule has 1 aliphatic carbocycles. The molecule has 1 atom stereocenters. The van der Waals surface area contributed by atoms with Crippen LogP contribution in [0.1, 0.15) is 32.1 Å². The number of primary amides is 1. The first-order valence-electron chi connectivity index (χ1n) is 6.39. The van der Waals surface area contributed by atoms with Crippen molar-refractivity contribution < 1.29 is 14.3 Å². The molecule has 4 N–H and O–H groups in total. The molecule has 0 saturated heterocycles. The van der Waals surface area contributed by atoms with Crippen LogP contribution >= 0.6 is 0 Å². The van der Waals surface area contributed by atoms with Gasteiger partial charge in [0.2, 0.25) is 11.8 Å². The van der Waals surface area contributed by atoms with E-state index in [0.717, 1.165) is 25.7 Å². The molecule has 6 heteroatoms. The van der Waals surface area contributed by atoms with Crippen LogP contribution in [0.3, 0.4) is 0 Å². The van der Waals surface area contributed by atoms with Gasteiger partial charge >= 0.3 is 0 Å². The average Bonchev–Trinajstić information content (AvgIpc) is 2.86. The number of amides is 2. The third-order valence-corrected chi connectivity index (χ3v) is 3.41.